The van der Waals surface area contributed by atoms with Crippen LogP contribution in [0.5, 0.6) is 0 Å². The monoisotopic (exact) mass is 555 g/mol. The standard InChI is InChI=1S/C27H27ClFN5O3S/c1-17-12-25(34(32-17)18(2)19-6-4-3-5-7-19)33-15-21(14-23(33)26(35)31-27(16-30)10-11-27)38(36,37)24-9-8-20(29)13-22(24)28/h3-9,12-13,18,21,23H,10-11,14-15H2,1-2H3,(H,31,35)/t18?,21-,23+/m1/s1. The number of rotatable bonds is 7. The van der Waals surface area contributed by atoms with E-state index >= 15 is 0 Å². The predicted molar refractivity (Wildman–Crippen MR) is 141 cm³/mol. The number of hydrogen-bond donors (Lipinski definition) is 1. The van der Waals surface area contributed by atoms with Gasteiger partial charge in [-0.2, -0.15) is 10.4 Å². The van der Waals surface area contributed by atoms with E-state index in [1.165, 1.54) is 0 Å². The first-order valence-corrected chi connectivity index (χ1v) is 14.3. The Kier molecular flexibility index (Phi) is 6.70. The average Bonchev–Trinajstić information content (AvgIpc) is 3.32. The molecule has 0 radical (unpaired) electrons. The zero-order chi connectivity index (χ0) is 27.2. The minimum Gasteiger partial charge on any atom is -0.343 e. The highest BCUT2D eigenvalue weighted by Gasteiger charge is 2.50. The van der Waals surface area contributed by atoms with Gasteiger partial charge in [-0.3, -0.25) is 4.79 Å². The molecule has 0 bridgehead atoms. The lowest BCUT2D eigenvalue weighted by molar-refractivity contribution is -0.122. The van der Waals surface area contributed by atoms with Crippen LogP contribution in [0.3, 0.4) is 0 Å². The van der Waals surface area contributed by atoms with Gasteiger partial charge in [0.2, 0.25) is 5.91 Å². The number of anilines is 1. The first-order valence-electron chi connectivity index (χ1n) is 12.3. The Balaban J connectivity index is 1.54. The maximum absolute atomic E-state index is 13.7. The van der Waals surface area contributed by atoms with Crippen LogP contribution >= 0.6 is 11.6 Å². The maximum atomic E-state index is 13.7. The van der Waals surface area contributed by atoms with Gasteiger partial charge in [0, 0.05) is 12.6 Å². The van der Waals surface area contributed by atoms with Gasteiger partial charge < -0.3 is 10.2 Å². The van der Waals surface area contributed by atoms with Crippen LogP contribution in [-0.2, 0) is 14.6 Å². The summed E-state index contributed by atoms with van der Waals surface area (Å²) >= 11 is 6.13. The second-order valence-electron chi connectivity index (χ2n) is 10.0. The molecule has 1 aliphatic carbocycles. The van der Waals surface area contributed by atoms with Crippen LogP contribution < -0.4 is 10.2 Å². The lowest BCUT2D eigenvalue weighted by Crippen LogP contribution is -2.48. The highest BCUT2D eigenvalue weighted by Crippen LogP contribution is 2.38. The number of sulfone groups is 1. The molecule has 0 spiro atoms. The zero-order valence-electron chi connectivity index (χ0n) is 20.9. The summed E-state index contributed by atoms with van der Waals surface area (Å²) in [6, 6.07) is 15.9. The third-order valence-corrected chi connectivity index (χ3v) is 9.93. The average molecular weight is 556 g/mol. The van der Waals surface area contributed by atoms with Crippen LogP contribution in [0.4, 0.5) is 10.2 Å². The predicted octanol–water partition coefficient (Wildman–Crippen LogP) is 4.19. The number of amides is 1. The van der Waals surface area contributed by atoms with Gasteiger partial charge in [-0.25, -0.2) is 17.5 Å². The Morgan fingerprint density at radius 3 is 2.58 bits per heavy atom. The summed E-state index contributed by atoms with van der Waals surface area (Å²) in [4.78, 5) is 15.1. The van der Waals surface area contributed by atoms with Gasteiger partial charge in [-0.05, 0) is 56.9 Å². The fraction of sp³-hybridized carbons (Fsp3) is 0.370. The Labute approximate surface area is 225 Å². The molecule has 1 saturated carbocycles. The van der Waals surface area contributed by atoms with Gasteiger partial charge in [0.1, 0.15) is 23.2 Å². The maximum Gasteiger partial charge on any atom is 0.244 e. The number of hydrogen-bond acceptors (Lipinski definition) is 6. The van der Waals surface area contributed by atoms with Gasteiger partial charge in [-0.15, -0.1) is 0 Å². The molecule has 2 fully saturated rings. The highest BCUT2D eigenvalue weighted by molar-refractivity contribution is 7.92. The number of nitriles is 1. The summed E-state index contributed by atoms with van der Waals surface area (Å²) in [6.07, 6.45) is 1.08. The first-order chi connectivity index (χ1) is 18.0. The Morgan fingerprint density at radius 1 is 1.24 bits per heavy atom. The molecule has 11 heteroatoms. The molecule has 198 valence electrons. The molecule has 2 aromatic carbocycles. The molecule has 2 aliphatic rings. The largest absolute Gasteiger partial charge is 0.343 e. The quantitative estimate of drug-likeness (QED) is 0.438. The summed E-state index contributed by atoms with van der Waals surface area (Å²) in [6.45, 7) is 3.82. The lowest BCUT2D eigenvalue weighted by Gasteiger charge is -2.28. The number of carbonyl (C=O) groups excluding carboxylic acids is 1. The number of nitrogens with zero attached hydrogens (tertiary/aromatic N) is 4. The number of carbonyl (C=O) groups is 1. The van der Waals surface area contributed by atoms with E-state index in [4.69, 9.17) is 11.6 Å². The van der Waals surface area contributed by atoms with Crippen LogP contribution in [0.15, 0.2) is 59.5 Å². The van der Waals surface area contributed by atoms with Gasteiger partial charge >= 0.3 is 0 Å². The number of aryl methyl sites for hydroxylation is 1. The first kappa shape index (κ1) is 26.2. The van der Waals surface area contributed by atoms with Gasteiger partial charge in [0.15, 0.2) is 9.84 Å². The highest BCUT2D eigenvalue weighted by atomic mass is 35.5. The topological polar surface area (TPSA) is 108 Å². The van der Waals surface area contributed by atoms with Crippen LogP contribution in [0.25, 0.3) is 0 Å². The Hall–Kier alpha value is -3.42. The van der Waals surface area contributed by atoms with Crippen molar-refractivity contribution >= 4 is 33.2 Å². The smallest absolute Gasteiger partial charge is 0.244 e. The second kappa shape index (κ2) is 9.71. The van der Waals surface area contributed by atoms with E-state index in [1.54, 1.807) is 9.58 Å². The van der Waals surface area contributed by atoms with E-state index in [2.05, 4.69) is 16.5 Å². The van der Waals surface area contributed by atoms with Crippen molar-refractivity contribution in [2.24, 2.45) is 0 Å². The molecule has 1 unspecified atom stereocenters. The summed E-state index contributed by atoms with van der Waals surface area (Å²) in [5, 5.41) is 15.8. The molecule has 1 saturated heterocycles. The van der Waals surface area contributed by atoms with E-state index in [0.29, 0.717) is 24.4 Å². The molecule has 3 atom stereocenters. The molecule has 1 aliphatic heterocycles. The van der Waals surface area contributed by atoms with Crippen LogP contribution in [0.1, 0.15) is 43.5 Å². The van der Waals surface area contributed by atoms with Crippen molar-refractivity contribution < 1.29 is 17.6 Å². The van der Waals surface area contributed by atoms with E-state index < -0.39 is 38.4 Å². The van der Waals surface area contributed by atoms with Crippen molar-refractivity contribution in [1.29, 1.82) is 5.26 Å². The van der Waals surface area contributed by atoms with Crippen molar-refractivity contribution in [3.8, 4) is 6.07 Å². The van der Waals surface area contributed by atoms with Crippen molar-refractivity contribution in [2.75, 3.05) is 11.4 Å². The van der Waals surface area contributed by atoms with Crippen LogP contribution in [0.2, 0.25) is 5.02 Å². The molecular weight excluding hydrogens is 529 g/mol. The van der Waals surface area contributed by atoms with Crippen molar-refractivity contribution in [1.82, 2.24) is 15.1 Å². The number of nitrogens with one attached hydrogen (secondary N) is 1. The van der Waals surface area contributed by atoms with E-state index in [0.717, 1.165) is 23.8 Å². The molecule has 2 heterocycles. The molecule has 1 N–H and O–H groups in total. The molecule has 38 heavy (non-hydrogen) atoms. The fourth-order valence-corrected chi connectivity index (χ4v) is 7.22. The fourth-order valence-electron chi connectivity index (χ4n) is 4.99. The van der Waals surface area contributed by atoms with Gasteiger partial charge in [0.25, 0.3) is 0 Å². The second-order valence-corrected chi connectivity index (χ2v) is 12.6. The van der Waals surface area contributed by atoms with Gasteiger partial charge in [0.05, 0.1) is 33.0 Å². The number of aromatic nitrogens is 2. The lowest BCUT2D eigenvalue weighted by atomic mass is 10.1. The minimum absolute atomic E-state index is 0.000319. The molecule has 8 nitrogen and oxygen atoms in total. The zero-order valence-corrected chi connectivity index (χ0v) is 22.5. The molecular formula is C27H27ClFN5O3S. The van der Waals surface area contributed by atoms with E-state index in [9.17, 15) is 22.9 Å². The molecule has 3 aromatic rings. The molecule has 5 rings (SSSR count). The van der Waals surface area contributed by atoms with E-state index in [-0.39, 0.29) is 28.9 Å². The summed E-state index contributed by atoms with van der Waals surface area (Å²) < 4.78 is 42.8. The van der Waals surface area contributed by atoms with Crippen molar-refractivity contribution in [3.05, 3.63) is 76.7 Å². The Bertz CT molecular complexity index is 1530. The summed E-state index contributed by atoms with van der Waals surface area (Å²) in [5.41, 5.74) is 0.805. The third-order valence-electron chi connectivity index (χ3n) is 7.31. The summed E-state index contributed by atoms with van der Waals surface area (Å²) in [5.74, 6) is -0.451. The number of halogens is 2. The summed E-state index contributed by atoms with van der Waals surface area (Å²) in [7, 11) is -4.02. The third kappa shape index (κ3) is 4.76. The van der Waals surface area contributed by atoms with Crippen LogP contribution in [0, 0.1) is 24.1 Å². The van der Waals surface area contributed by atoms with E-state index in [1.807, 2.05) is 50.2 Å². The van der Waals surface area contributed by atoms with Crippen molar-refractivity contribution in [2.45, 2.75) is 60.9 Å². The minimum atomic E-state index is -4.02. The van der Waals surface area contributed by atoms with Crippen molar-refractivity contribution in [3.63, 3.8) is 0 Å². The Morgan fingerprint density at radius 2 is 1.95 bits per heavy atom. The molecule has 1 aromatic heterocycles. The normalized spacial score (nSPS) is 21.1. The van der Waals surface area contributed by atoms with Gasteiger partial charge in [-0.1, -0.05) is 41.9 Å². The SMILES string of the molecule is Cc1cc(N2C[C@H](S(=O)(=O)c3ccc(F)cc3Cl)C[C@H]2C(=O)NC2(C#N)CC2)n(C(C)c2ccccc2)n1. The number of benzene rings is 2. The van der Waals surface area contributed by atoms with Crippen LogP contribution in [-0.4, -0.2) is 47.5 Å². The molecule has 1 amide bonds.